The summed E-state index contributed by atoms with van der Waals surface area (Å²) in [5, 5.41) is 13.7. The summed E-state index contributed by atoms with van der Waals surface area (Å²) in [6.45, 7) is 6.55. The second-order valence-electron chi connectivity index (χ2n) is 7.75. The molecule has 144 valence electrons. The van der Waals surface area contributed by atoms with Crippen LogP contribution in [0.4, 0.5) is 5.69 Å². The molecule has 0 fully saturated rings. The van der Waals surface area contributed by atoms with Crippen molar-refractivity contribution in [1.29, 1.82) is 0 Å². The topological polar surface area (TPSA) is 66.4 Å². The van der Waals surface area contributed by atoms with E-state index in [1.165, 1.54) is 16.9 Å². The first-order valence-corrected chi connectivity index (χ1v) is 9.92. The van der Waals surface area contributed by atoms with E-state index < -0.39 is 5.97 Å². The van der Waals surface area contributed by atoms with Crippen LogP contribution in [0.15, 0.2) is 60.0 Å². The maximum absolute atomic E-state index is 12.5. The summed E-state index contributed by atoms with van der Waals surface area (Å²) in [7, 11) is 0. The largest absolute Gasteiger partial charge is 0.481 e. The number of anilines is 1. The number of carboxylic acids is 1. The van der Waals surface area contributed by atoms with Gasteiger partial charge in [0.25, 0.3) is 5.91 Å². The van der Waals surface area contributed by atoms with Gasteiger partial charge in [-0.25, -0.2) is 0 Å². The zero-order chi connectivity index (χ0) is 20.3. The monoisotopic (exact) mass is 393 g/mol. The first kappa shape index (κ1) is 19.8. The van der Waals surface area contributed by atoms with Crippen LogP contribution in [-0.2, 0) is 16.6 Å². The van der Waals surface area contributed by atoms with E-state index in [0.717, 1.165) is 11.1 Å². The molecule has 0 bridgehead atoms. The molecule has 0 aliphatic carbocycles. The van der Waals surface area contributed by atoms with Crippen LogP contribution < -0.4 is 5.32 Å². The zero-order valence-corrected chi connectivity index (χ0v) is 17.0. The predicted octanol–water partition coefficient (Wildman–Crippen LogP) is 5.59. The number of thiophene rings is 1. The summed E-state index contributed by atoms with van der Waals surface area (Å²) < 4.78 is 0. The van der Waals surface area contributed by atoms with Crippen LogP contribution >= 0.6 is 11.3 Å². The van der Waals surface area contributed by atoms with Crippen molar-refractivity contribution in [3.8, 4) is 11.1 Å². The lowest BCUT2D eigenvalue weighted by atomic mass is 9.86. The Bertz CT molecular complexity index is 980. The van der Waals surface area contributed by atoms with Crippen LogP contribution in [-0.4, -0.2) is 17.0 Å². The van der Waals surface area contributed by atoms with Crippen molar-refractivity contribution in [2.75, 3.05) is 5.32 Å². The Labute approximate surface area is 168 Å². The van der Waals surface area contributed by atoms with Crippen LogP contribution in [0.3, 0.4) is 0 Å². The minimum Gasteiger partial charge on any atom is -0.481 e. The van der Waals surface area contributed by atoms with Crippen LogP contribution in [0.5, 0.6) is 0 Å². The SMILES string of the molecule is CC(C)(C)c1ccc(-c2csc(C(=O)Nc3ccc(CC(=O)O)cc3)c2)cc1. The van der Waals surface area contributed by atoms with Gasteiger partial charge in [0.05, 0.1) is 11.3 Å². The molecule has 0 unspecified atom stereocenters. The highest BCUT2D eigenvalue weighted by Gasteiger charge is 2.14. The van der Waals surface area contributed by atoms with Gasteiger partial charge in [-0.05, 0) is 51.2 Å². The summed E-state index contributed by atoms with van der Waals surface area (Å²) in [6.07, 6.45) is -0.0312. The minimum atomic E-state index is -0.876. The summed E-state index contributed by atoms with van der Waals surface area (Å²) in [4.78, 5) is 23.9. The average molecular weight is 394 g/mol. The Morgan fingerprint density at radius 2 is 1.61 bits per heavy atom. The van der Waals surface area contributed by atoms with E-state index in [4.69, 9.17) is 5.11 Å². The molecular formula is C23H23NO3S. The molecule has 2 N–H and O–H groups in total. The van der Waals surface area contributed by atoms with E-state index in [9.17, 15) is 9.59 Å². The Kier molecular flexibility index (Phi) is 5.66. The van der Waals surface area contributed by atoms with Gasteiger partial charge in [0.2, 0.25) is 0 Å². The number of hydrogen-bond acceptors (Lipinski definition) is 3. The van der Waals surface area contributed by atoms with E-state index in [1.807, 2.05) is 11.4 Å². The Morgan fingerprint density at radius 3 is 2.18 bits per heavy atom. The Balaban J connectivity index is 1.69. The van der Waals surface area contributed by atoms with Gasteiger partial charge in [-0.1, -0.05) is 57.2 Å². The molecule has 0 aliphatic rings. The molecule has 3 rings (SSSR count). The molecule has 0 atom stereocenters. The Hall–Kier alpha value is -2.92. The highest BCUT2D eigenvalue weighted by molar-refractivity contribution is 7.12. The third kappa shape index (κ3) is 4.87. The molecule has 3 aromatic rings. The molecule has 0 saturated heterocycles. The maximum Gasteiger partial charge on any atom is 0.307 e. The van der Waals surface area contributed by atoms with Gasteiger partial charge in [0.1, 0.15) is 0 Å². The van der Waals surface area contributed by atoms with Crippen molar-refractivity contribution in [3.05, 3.63) is 76.0 Å². The second kappa shape index (κ2) is 7.98. The van der Waals surface area contributed by atoms with Crippen molar-refractivity contribution in [2.24, 2.45) is 0 Å². The molecule has 0 aliphatic heterocycles. The van der Waals surface area contributed by atoms with Crippen LogP contribution in [0.25, 0.3) is 11.1 Å². The number of benzene rings is 2. The summed E-state index contributed by atoms with van der Waals surface area (Å²) >= 11 is 1.40. The van der Waals surface area contributed by atoms with E-state index in [2.05, 4.69) is 50.4 Å². The quantitative estimate of drug-likeness (QED) is 0.594. The fraction of sp³-hybridized carbons (Fsp3) is 0.217. The number of carbonyl (C=O) groups excluding carboxylic acids is 1. The van der Waals surface area contributed by atoms with Gasteiger partial charge in [-0.2, -0.15) is 0 Å². The molecule has 0 radical (unpaired) electrons. The molecule has 1 heterocycles. The van der Waals surface area contributed by atoms with E-state index >= 15 is 0 Å². The standard InChI is InChI=1S/C23H23NO3S/c1-23(2,3)18-8-6-16(7-9-18)17-13-20(28-14-17)22(27)24-19-10-4-15(5-11-19)12-21(25)26/h4-11,13-14H,12H2,1-3H3,(H,24,27)(H,25,26). The van der Waals surface area contributed by atoms with Crippen molar-refractivity contribution in [3.63, 3.8) is 0 Å². The molecule has 5 heteroatoms. The average Bonchev–Trinajstić information content (AvgIpc) is 3.13. The predicted molar refractivity (Wildman–Crippen MR) is 114 cm³/mol. The summed E-state index contributed by atoms with van der Waals surface area (Å²) in [5.41, 5.74) is 4.83. The third-order valence-electron chi connectivity index (χ3n) is 4.47. The van der Waals surface area contributed by atoms with Crippen molar-refractivity contribution in [1.82, 2.24) is 0 Å². The molecule has 4 nitrogen and oxygen atoms in total. The lowest BCUT2D eigenvalue weighted by Gasteiger charge is -2.19. The van der Waals surface area contributed by atoms with Crippen LogP contribution in [0.2, 0.25) is 0 Å². The van der Waals surface area contributed by atoms with Crippen LogP contribution in [0, 0.1) is 0 Å². The molecule has 1 amide bonds. The maximum atomic E-state index is 12.5. The summed E-state index contributed by atoms with van der Waals surface area (Å²) in [5.74, 6) is -1.05. The molecule has 2 aromatic carbocycles. The van der Waals surface area contributed by atoms with Gasteiger partial charge in [-0.3, -0.25) is 9.59 Å². The third-order valence-corrected chi connectivity index (χ3v) is 5.40. The smallest absolute Gasteiger partial charge is 0.307 e. The van der Waals surface area contributed by atoms with E-state index in [-0.39, 0.29) is 17.7 Å². The van der Waals surface area contributed by atoms with Gasteiger partial charge in [0.15, 0.2) is 0 Å². The highest BCUT2D eigenvalue weighted by Crippen LogP contribution is 2.29. The molecule has 28 heavy (non-hydrogen) atoms. The van der Waals surface area contributed by atoms with Crippen LogP contribution in [0.1, 0.15) is 41.6 Å². The Morgan fingerprint density at radius 1 is 0.964 bits per heavy atom. The number of carbonyl (C=O) groups is 2. The highest BCUT2D eigenvalue weighted by atomic mass is 32.1. The number of rotatable bonds is 5. The first-order valence-electron chi connectivity index (χ1n) is 9.04. The lowest BCUT2D eigenvalue weighted by Crippen LogP contribution is -2.10. The molecule has 1 aromatic heterocycles. The van der Waals surface area contributed by atoms with Crippen molar-refractivity contribution in [2.45, 2.75) is 32.6 Å². The number of carboxylic acid groups (broad SMARTS) is 1. The number of nitrogens with one attached hydrogen (secondary N) is 1. The van der Waals surface area contributed by atoms with Crippen molar-refractivity contribution < 1.29 is 14.7 Å². The van der Waals surface area contributed by atoms with Gasteiger partial charge >= 0.3 is 5.97 Å². The van der Waals surface area contributed by atoms with E-state index in [1.54, 1.807) is 24.3 Å². The fourth-order valence-electron chi connectivity index (χ4n) is 2.84. The number of aliphatic carboxylic acids is 1. The molecule has 0 saturated carbocycles. The second-order valence-corrected chi connectivity index (χ2v) is 8.66. The molecular weight excluding hydrogens is 370 g/mol. The van der Waals surface area contributed by atoms with Crippen molar-refractivity contribution >= 4 is 28.9 Å². The number of amides is 1. The van der Waals surface area contributed by atoms with Gasteiger partial charge < -0.3 is 10.4 Å². The summed E-state index contributed by atoms with van der Waals surface area (Å²) in [6, 6.07) is 17.2. The zero-order valence-electron chi connectivity index (χ0n) is 16.2. The van der Waals surface area contributed by atoms with Gasteiger partial charge in [0, 0.05) is 5.69 Å². The lowest BCUT2D eigenvalue weighted by molar-refractivity contribution is -0.136. The first-order chi connectivity index (χ1) is 13.2. The van der Waals surface area contributed by atoms with E-state index in [0.29, 0.717) is 16.1 Å². The minimum absolute atomic E-state index is 0.0312. The fourth-order valence-corrected chi connectivity index (χ4v) is 3.65. The van der Waals surface area contributed by atoms with Gasteiger partial charge in [-0.15, -0.1) is 11.3 Å². The molecule has 0 spiro atoms. The normalized spacial score (nSPS) is 11.2. The number of hydrogen-bond donors (Lipinski definition) is 2.